The predicted molar refractivity (Wildman–Crippen MR) is 34.1 cm³/mol. The Bertz CT molecular complexity index is 138. The van der Waals surface area contributed by atoms with E-state index in [0.717, 1.165) is 0 Å². The van der Waals surface area contributed by atoms with Crippen molar-refractivity contribution in [1.29, 1.82) is 0 Å². The molecule has 0 atom stereocenters. The summed E-state index contributed by atoms with van der Waals surface area (Å²) in [4.78, 5) is 0. The summed E-state index contributed by atoms with van der Waals surface area (Å²) in [5, 5.41) is 10.4. The summed E-state index contributed by atoms with van der Waals surface area (Å²) in [6, 6.07) is 0. The minimum absolute atomic E-state index is 0. The van der Waals surface area contributed by atoms with E-state index in [1.54, 1.807) is 4.68 Å². The maximum Gasteiger partial charge on any atom is 0.138 e. The highest BCUT2D eigenvalue weighted by Gasteiger charge is 1.85. The summed E-state index contributed by atoms with van der Waals surface area (Å²) in [5.41, 5.74) is 5.20. The molecule has 6 heteroatoms. The molecule has 0 spiro atoms. The van der Waals surface area contributed by atoms with Gasteiger partial charge >= 0.3 is 0 Å². The van der Waals surface area contributed by atoms with Crippen LogP contribution in [0, 0.1) is 0 Å². The van der Waals surface area contributed by atoms with Gasteiger partial charge in [0.05, 0.1) is 6.54 Å². The van der Waals surface area contributed by atoms with Crippen LogP contribution in [0.5, 0.6) is 0 Å². The largest absolute Gasteiger partial charge is 0.329 e. The number of aromatic nitrogens is 4. The second-order valence-corrected chi connectivity index (χ2v) is 1.36. The fraction of sp³-hybridized carbons (Fsp3) is 0.667. The molecular formula is C3H8ClN5. The molecule has 1 aromatic heterocycles. The lowest BCUT2D eigenvalue weighted by atomic mass is 10.7. The van der Waals surface area contributed by atoms with E-state index < -0.39 is 0 Å². The van der Waals surface area contributed by atoms with Gasteiger partial charge in [-0.05, 0) is 10.4 Å². The number of hydrogen-bond donors (Lipinski definition) is 1. The van der Waals surface area contributed by atoms with Crippen molar-refractivity contribution in [1.82, 2.24) is 20.2 Å². The molecule has 0 saturated carbocycles. The van der Waals surface area contributed by atoms with Crippen LogP contribution in [-0.2, 0) is 6.54 Å². The van der Waals surface area contributed by atoms with E-state index in [9.17, 15) is 0 Å². The van der Waals surface area contributed by atoms with E-state index in [4.69, 9.17) is 5.73 Å². The standard InChI is InChI=1S/C3H7N5.ClH/c4-1-2-8-3-5-6-7-8;/h3H,1-2,4H2;1H. The van der Waals surface area contributed by atoms with Gasteiger partial charge in [0.15, 0.2) is 0 Å². The van der Waals surface area contributed by atoms with Gasteiger partial charge in [-0.3, -0.25) is 0 Å². The first-order chi connectivity index (χ1) is 3.93. The smallest absolute Gasteiger partial charge is 0.138 e. The highest BCUT2D eigenvalue weighted by atomic mass is 35.5. The lowest BCUT2D eigenvalue weighted by Crippen LogP contribution is -2.10. The lowest BCUT2D eigenvalue weighted by molar-refractivity contribution is 0.598. The predicted octanol–water partition coefficient (Wildman–Crippen LogP) is -0.946. The Morgan fingerprint density at radius 1 is 1.56 bits per heavy atom. The third-order valence-corrected chi connectivity index (χ3v) is 0.750. The normalized spacial score (nSPS) is 8.56. The van der Waals surface area contributed by atoms with Gasteiger partial charge in [0.25, 0.3) is 0 Å². The lowest BCUT2D eigenvalue weighted by Gasteiger charge is -1.89. The zero-order valence-electron chi connectivity index (χ0n) is 4.77. The fourth-order valence-corrected chi connectivity index (χ4v) is 0.415. The van der Waals surface area contributed by atoms with Crippen LogP contribution < -0.4 is 5.73 Å². The van der Waals surface area contributed by atoms with Crippen LogP contribution in [0.25, 0.3) is 0 Å². The van der Waals surface area contributed by atoms with Gasteiger partial charge in [0.1, 0.15) is 6.33 Å². The molecule has 0 bridgehead atoms. The van der Waals surface area contributed by atoms with E-state index in [1.165, 1.54) is 6.33 Å². The van der Waals surface area contributed by atoms with Crippen molar-refractivity contribution in [2.75, 3.05) is 6.54 Å². The van der Waals surface area contributed by atoms with Crippen LogP contribution >= 0.6 is 12.4 Å². The van der Waals surface area contributed by atoms with E-state index >= 15 is 0 Å². The first kappa shape index (κ1) is 8.32. The Morgan fingerprint density at radius 2 is 2.33 bits per heavy atom. The van der Waals surface area contributed by atoms with Gasteiger partial charge in [-0.15, -0.1) is 17.5 Å². The Hall–Kier alpha value is -0.680. The minimum atomic E-state index is 0. The molecule has 0 unspecified atom stereocenters. The second-order valence-electron chi connectivity index (χ2n) is 1.36. The van der Waals surface area contributed by atoms with E-state index in [-0.39, 0.29) is 12.4 Å². The molecule has 0 aliphatic carbocycles. The molecule has 0 aliphatic heterocycles. The molecule has 0 radical (unpaired) electrons. The Kier molecular flexibility index (Phi) is 3.90. The van der Waals surface area contributed by atoms with Crippen LogP contribution in [0.1, 0.15) is 0 Å². The number of nitrogens with two attached hydrogens (primary N) is 1. The van der Waals surface area contributed by atoms with Gasteiger partial charge in [-0.1, -0.05) is 0 Å². The van der Waals surface area contributed by atoms with Gasteiger partial charge in [0, 0.05) is 6.54 Å². The second kappa shape index (κ2) is 4.22. The van der Waals surface area contributed by atoms with Crippen LogP contribution in [0.2, 0.25) is 0 Å². The number of halogens is 1. The van der Waals surface area contributed by atoms with Gasteiger partial charge < -0.3 is 5.73 Å². The maximum absolute atomic E-state index is 5.20. The summed E-state index contributed by atoms with van der Waals surface area (Å²) >= 11 is 0. The van der Waals surface area contributed by atoms with Gasteiger partial charge in [-0.25, -0.2) is 4.68 Å². The quantitative estimate of drug-likeness (QED) is 0.589. The summed E-state index contributed by atoms with van der Waals surface area (Å²) in [6.07, 6.45) is 1.53. The Balaban J connectivity index is 0.000000640. The van der Waals surface area contributed by atoms with Crippen LogP contribution in [0.15, 0.2) is 6.33 Å². The molecule has 52 valence electrons. The molecule has 5 nitrogen and oxygen atoms in total. The number of hydrogen-bond acceptors (Lipinski definition) is 4. The van der Waals surface area contributed by atoms with Crippen molar-refractivity contribution in [3.8, 4) is 0 Å². The highest BCUT2D eigenvalue weighted by Crippen LogP contribution is 1.70. The van der Waals surface area contributed by atoms with Crippen molar-refractivity contribution < 1.29 is 0 Å². The summed E-state index contributed by atoms with van der Waals surface area (Å²) in [5.74, 6) is 0. The molecule has 1 heterocycles. The molecule has 2 N–H and O–H groups in total. The summed E-state index contributed by atoms with van der Waals surface area (Å²) in [6.45, 7) is 1.26. The van der Waals surface area contributed by atoms with Crippen LogP contribution in [0.4, 0.5) is 0 Å². The topological polar surface area (TPSA) is 69.6 Å². The number of nitrogens with zero attached hydrogens (tertiary/aromatic N) is 4. The average Bonchev–Trinajstić information content (AvgIpc) is 2.19. The van der Waals surface area contributed by atoms with Crippen molar-refractivity contribution in [3.63, 3.8) is 0 Å². The van der Waals surface area contributed by atoms with E-state index in [1.807, 2.05) is 0 Å². The molecule has 1 aromatic rings. The minimum Gasteiger partial charge on any atom is -0.329 e. The monoisotopic (exact) mass is 149 g/mol. The third kappa shape index (κ3) is 2.39. The summed E-state index contributed by atoms with van der Waals surface area (Å²) in [7, 11) is 0. The molecule has 0 saturated heterocycles. The molecule has 1 rings (SSSR count). The Labute approximate surface area is 58.6 Å². The molecule has 9 heavy (non-hydrogen) atoms. The SMILES string of the molecule is Cl.NCCn1cnnn1. The first-order valence-electron chi connectivity index (χ1n) is 2.34. The van der Waals surface area contributed by atoms with Crippen LogP contribution in [-0.4, -0.2) is 26.8 Å². The third-order valence-electron chi connectivity index (χ3n) is 0.750. The molecule has 0 aliphatic rings. The molecule has 0 aromatic carbocycles. The molecular weight excluding hydrogens is 142 g/mol. The van der Waals surface area contributed by atoms with Crippen molar-refractivity contribution in [2.24, 2.45) is 5.73 Å². The van der Waals surface area contributed by atoms with Crippen molar-refractivity contribution in [2.45, 2.75) is 6.54 Å². The first-order valence-corrected chi connectivity index (χ1v) is 2.34. The highest BCUT2D eigenvalue weighted by molar-refractivity contribution is 5.85. The Morgan fingerprint density at radius 3 is 2.78 bits per heavy atom. The average molecular weight is 150 g/mol. The fourth-order valence-electron chi connectivity index (χ4n) is 0.415. The summed E-state index contributed by atoms with van der Waals surface area (Å²) < 4.78 is 1.58. The van der Waals surface area contributed by atoms with Gasteiger partial charge in [-0.2, -0.15) is 0 Å². The molecule has 0 amide bonds. The number of rotatable bonds is 2. The van der Waals surface area contributed by atoms with Crippen LogP contribution in [0.3, 0.4) is 0 Å². The van der Waals surface area contributed by atoms with Crippen molar-refractivity contribution >= 4 is 12.4 Å². The zero-order valence-corrected chi connectivity index (χ0v) is 5.58. The number of tetrazole rings is 1. The molecule has 0 fully saturated rings. The zero-order chi connectivity index (χ0) is 5.82. The van der Waals surface area contributed by atoms with Gasteiger partial charge in [0.2, 0.25) is 0 Å². The maximum atomic E-state index is 5.20. The van der Waals surface area contributed by atoms with E-state index in [0.29, 0.717) is 13.1 Å². The van der Waals surface area contributed by atoms with Crippen molar-refractivity contribution in [3.05, 3.63) is 6.33 Å². The van der Waals surface area contributed by atoms with E-state index in [2.05, 4.69) is 15.5 Å².